The molecule has 1 aromatic rings. The summed E-state index contributed by atoms with van der Waals surface area (Å²) in [4.78, 5) is 13.7. The van der Waals surface area contributed by atoms with Crippen molar-refractivity contribution < 1.29 is 23.1 Å². The largest absolute Gasteiger partial charge is 0.391 e. The number of carbonyl (C=O) groups is 1. The molecule has 1 heterocycles. The fourth-order valence-corrected chi connectivity index (χ4v) is 2.85. The maximum Gasteiger partial charge on any atom is 0.391 e. The van der Waals surface area contributed by atoms with Gasteiger partial charge >= 0.3 is 6.18 Å². The van der Waals surface area contributed by atoms with Crippen LogP contribution in [0.2, 0.25) is 0 Å². The predicted molar refractivity (Wildman–Crippen MR) is 84.2 cm³/mol. The molecule has 1 aliphatic heterocycles. The first-order chi connectivity index (χ1) is 11.2. The minimum Gasteiger partial charge on any atom is -0.384 e. The van der Waals surface area contributed by atoms with Crippen molar-refractivity contribution in [3.8, 4) is 0 Å². The number of halogens is 3. The highest BCUT2D eigenvalue weighted by Crippen LogP contribution is 2.33. The van der Waals surface area contributed by atoms with Crippen molar-refractivity contribution >= 4 is 5.91 Å². The van der Waals surface area contributed by atoms with Gasteiger partial charge in [0.2, 0.25) is 5.91 Å². The molecule has 1 aliphatic rings. The highest BCUT2D eigenvalue weighted by Gasteiger charge is 2.41. The van der Waals surface area contributed by atoms with Crippen LogP contribution in [0.4, 0.5) is 13.2 Å². The molecule has 0 aliphatic carbocycles. The third kappa shape index (κ3) is 5.21. The molecule has 0 bridgehead atoms. The van der Waals surface area contributed by atoms with Gasteiger partial charge in [0.05, 0.1) is 19.0 Å². The minimum absolute atomic E-state index is 0.0263. The summed E-state index contributed by atoms with van der Waals surface area (Å²) in [7, 11) is 0. The van der Waals surface area contributed by atoms with Crippen molar-refractivity contribution in [1.29, 1.82) is 0 Å². The maximum atomic E-state index is 12.6. The summed E-state index contributed by atoms with van der Waals surface area (Å²) in [6.07, 6.45) is -4.10. The molecule has 1 amide bonds. The van der Waals surface area contributed by atoms with E-state index in [1.807, 2.05) is 6.07 Å². The van der Waals surface area contributed by atoms with E-state index < -0.39 is 17.7 Å². The van der Waals surface area contributed by atoms with Gasteiger partial charge in [0.15, 0.2) is 0 Å². The van der Waals surface area contributed by atoms with E-state index >= 15 is 0 Å². The second-order valence-electron chi connectivity index (χ2n) is 6.51. The number of aliphatic hydroxyl groups is 1. The smallest absolute Gasteiger partial charge is 0.384 e. The van der Waals surface area contributed by atoms with Gasteiger partial charge in [0.25, 0.3) is 0 Å². The van der Waals surface area contributed by atoms with Crippen LogP contribution >= 0.6 is 0 Å². The summed E-state index contributed by atoms with van der Waals surface area (Å²) < 4.78 is 37.9. The molecule has 2 N–H and O–H groups in total. The summed E-state index contributed by atoms with van der Waals surface area (Å²) in [5.41, 5.74) is -0.503. The lowest BCUT2D eigenvalue weighted by molar-refractivity contribution is -0.185. The average molecular weight is 344 g/mol. The SMILES string of the molecule is CC(O)(CNC(=O)CN1CCC(C(F)(F)F)CC1)c1ccccc1. The molecule has 2 rings (SSSR count). The van der Waals surface area contributed by atoms with E-state index in [1.54, 1.807) is 36.1 Å². The molecule has 1 fully saturated rings. The first-order valence-corrected chi connectivity index (χ1v) is 8.02. The lowest BCUT2D eigenvalue weighted by Gasteiger charge is -2.32. The van der Waals surface area contributed by atoms with Crippen molar-refractivity contribution in [2.75, 3.05) is 26.2 Å². The van der Waals surface area contributed by atoms with Crippen molar-refractivity contribution in [1.82, 2.24) is 10.2 Å². The molecule has 1 aromatic carbocycles. The Labute approximate surface area is 139 Å². The van der Waals surface area contributed by atoms with Crippen LogP contribution in [0.5, 0.6) is 0 Å². The van der Waals surface area contributed by atoms with Gasteiger partial charge in [-0.2, -0.15) is 13.2 Å². The van der Waals surface area contributed by atoms with Crippen LogP contribution in [0.25, 0.3) is 0 Å². The Balaban J connectivity index is 1.76. The number of hydrogen-bond acceptors (Lipinski definition) is 3. The topological polar surface area (TPSA) is 52.6 Å². The van der Waals surface area contributed by atoms with Crippen LogP contribution in [-0.2, 0) is 10.4 Å². The Morgan fingerprint density at radius 1 is 1.25 bits per heavy atom. The van der Waals surface area contributed by atoms with E-state index in [1.165, 1.54) is 0 Å². The van der Waals surface area contributed by atoms with Gasteiger partial charge < -0.3 is 10.4 Å². The molecule has 0 spiro atoms. The lowest BCUT2D eigenvalue weighted by Crippen LogP contribution is -2.46. The van der Waals surface area contributed by atoms with Gasteiger partial charge in [-0.15, -0.1) is 0 Å². The molecule has 4 nitrogen and oxygen atoms in total. The van der Waals surface area contributed by atoms with Crippen molar-refractivity contribution in [2.45, 2.75) is 31.5 Å². The highest BCUT2D eigenvalue weighted by molar-refractivity contribution is 5.78. The van der Waals surface area contributed by atoms with Crippen LogP contribution in [0.1, 0.15) is 25.3 Å². The van der Waals surface area contributed by atoms with Crippen LogP contribution < -0.4 is 5.32 Å². The zero-order chi connectivity index (χ0) is 17.8. The van der Waals surface area contributed by atoms with Crippen LogP contribution in [-0.4, -0.2) is 48.3 Å². The summed E-state index contributed by atoms with van der Waals surface area (Å²) >= 11 is 0. The number of alkyl halides is 3. The molecule has 0 saturated carbocycles. The average Bonchev–Trinajstić information content (AvgIpc) is 2.54. The molecular formula is C17H23F3N2O2. The molecule has 1 saturated heterocycles. The molecular weight excluding hydrogens is 321 g/mol. The van der Waals surface area contributed by atoms with Crippen LogP contribution in [0.3, 0.4) is 0 Å². The van der Waals surface area contributed by atoms with E-state index in [0.717, 1.165) is 0 Å². The number of hydrogen-bond donors (Lipinski definition) is 2. The summed E-state index contributed by atoms with van der Waals surface area (Å²) in [5, 5.41) is 13.1. The number of benzene rings is 1. The molecule has 0 radical (unpaired) electrons. The third-order valence-corrected chi connectivity index (χ3v) is 4.44. The van der Waals surface area contributed by atoms with E-state index in [0.29, 0.717) is 5.56 Å². The fourth-order valence-electron chi connectivity index (χ4n) is 2.85. The van der Waals surface area contributed by atoms with E-state index in [9.17, 15) is 23.1 Å². The maximum absolute atomic E-state index is 12.6. The Morgan fingerprint density at radius 3 is 2.38 bits per heavy atom. The number of likely N-dealkylation sites (tertiary alicyclic amines) is 1. The quantitative estimate of drug-likeness (QED) is 0.862. The zero-order valence-corrected chi connectivity index (χ0v) is 13.6. The number of carbonyl (C=O) groups excluding carboxylic acids is 1. The molecule has 134 valence electrons. The molecule has 24 heavy (non-hydrogen) atoms. The van der Waals surface area contributed by atoms with Gasteiger partial charge in [-0.05, 0) is 38.4 Å². The monoisotopic (exact) mass is 344 g/mol. The van der Waals surface area contributed by atoms with Crippen molar-refractivity contribution in [3.63, 3.8) is 0 Å². The Kier molecular flexibility index (Phi) is 5.87. The van der Waals surface area contributed by atoms with Gasteiger partial charge in [0, 0.05) is 0 Å². The highest BCUT2D eigenvalue weighted by atomic mass is 19.4. The van der Waals surface area contributed by atoms with E-state index in [2.05, 4.69) is 5.32 Å². The predicted octanol–water partition coefficient (Wildman–Crippen LogP) is 2.28. The molecule has 1 unspecified atom stereocenters. The van der Waals surface area contributed by atoms with E-state index in [-0.39, 0.29) is 44.9 Å². The fraction of sp³-hybridized carbons (Fsp3) is 0.588. The Hall–Kier alpha value is -1.60. The minimum atomic E-state index is -4.15. The second-order valence-corrected chi connectivity index (χ2v) is 6.51. The standard InChI is InChI=1S/C17H23F3N2O2/c1-16(24,13-5-3-2-4-6-13)12-21-15(23)11-22-9-7-14(8-10-22)17(18,19)20/h2-6,14,24H,7-12H2,1H3,(H,21,23). The first-order valence-electron chi connectivity index (χ1n) is 8.02. The van der Waals surface area contributed by atoms with E-state index in [4.69, 9.17) is 0 Å². The first kappa shape index (κ1) is 18.7. The lowest BCUT2D eigenvalue weighted by atomic mass is 9.96. The van der Waals surface area contributed by atoms with Crippen LogP contribution in [0.15, 0.2) is 30.3 Å². The number of nitrogens with one attached hydrogen (secondary N) is 1. The van der Waals surface area contributed by atoms with Gasteiger partial charge in [-0.25, -0.2) is 0 Å². The number of piperidine rings is 1. The number of rotatable bonds is 5. The zero-order valence-electron chi connectivity index (χ0n) is 13.6. The number of nitrogens with zero attached hydrogens (tertiary/aromatic N) is 1. The van der Waals surface area contributed by atoms with Gasteiger partial charge in [-0.1, -0.05) is 30.3 Å². The molecule has 7 heteroatoms. The van der Waals surface area contributed by atoms with Crippen molar-refractivity contribution in [3.05, 3.63) is 35.9 Å². The summed E-state index contributed by atoms with van der Waals surface area (Å²) in [6, 6.07) is 8.98. The van der Waals surface area contributed by atoms with Crippen LogP contribution in [0, 0.1) is 5.92 Å². The number of amides is 1. The molecule has 0 aromatic heterocycles. The van der Waals surface area contributed by atoms with Gasteiger partial charge in [-0.3, -0.25) is 9.69 Å². The third-order valence-electron chi connectivity index (χ3n) is 4.44. The Bertz CT molecular complexity index is 539. The van der Waals surface area contributed by atoms with Gasteiger partial charge in [0.1, 0.15) is 5.60 Å². The van der Waals surface area contributed by atoms with Crippen molar-refractivity contribution in [2.24, 2.45) is 5.92 Å². The second kappa shape index (κ2) is 7.53. The molecule has 1 atom stereocenters. The summed E-state index contributed by atoms with van der Waals surface area (Å²) in [5.74, 6) is -1.56. The Morgan fingerprint density at radius 2 is 1.83 bits per heavy atom. The summed E-state index contributed by atoms with van der Waals surface area (Å²) in [6.45, 7) is 2.22. The normalized spacial score (nSPS) is 19.7.